The molecule has 0 radical (unpaired) electrons. The lowest BCUT2D eigenvalue weighted by atomic mass is 9.98. The molecule has 3 aromatic rings. The van der Waals surface area contributed by atoms with Gasteiger partial charge in [0.1, 0.15) is 28.0 Å². The largest absolute Gasteiger partial charge is 0.458 e. The summed E-state index contributed by atoms with van der Waals surface area (Å²) in [5.74, 6) is 0.180. The van der Waals surface area contributed by atoms with E-state index in [9.17, 15) is 14.9 Å². The van der Waals surface area contributed by atoms with Gasteiger partial charge in [0.2, 0.25) is 0 Å². The van der Waals surface area contributed by atoms with Crippen molar-refractivity contribution in [2.45, 2.75) is 45.1 Å². The molecule has 1 aromatic carbocycles. The van der Waals surface area contributed by atoms with Crippen molar-refractivity contribution >= 4 is 44.7 Å². The fourth-order valence-corrected chi connectivity index (χ4v) is 4.61. The summed E-state index contributed by atoms with van der Waals surface area (Å²) in [4.78, 5) is 33.1. The molecule has 1 saturated carbocycles. The second-order valence-electron chi connectivity index (χ2n) is 7.06. The Balaban J connectivity index is 1.63. The summed E-state index contributed by atoms with van der Waals surface area (Å²) in [6.07, 6.45) is 6.59. The molecular formula is C20H20N4O4S. The zero-order chi connectivity index (χ0) is 20.4. The number of aromatic nitrogens is 2. The number of nitro benzene ring substituents is 1. The highest BCUT2D eigenvalue weighted by Gasteiger charge is 2.24. The Hall–Kier alpha value is -3.07. The number of carbonyl (C=O) groups is 1. The Morgan fingerprint density at radius 2 is 2.07 bits per heavy atom. The lowest BCUT2D eigenvalue weighted by Gasteiger charge is -2.21. The van der Waals surface area contributed by atoms with Crippen molar-refractivity contribution in [1.82, 2.24) is 9.97 Å². The number of nitro groups is 1. The molecule has 2 heterocycles. The van der Waals surface area contributed by atoms with Crippen LogP contribution in [0.1, 0.15) is 47.3 Å². The Morgan fingerprint density at radius 1 is 1.28 bits per heavy atom. The fraction of sp³-hybridized carbons (Fsp3) is 0.350. The Bertz CT molecular complexity index is 1080. The van der Waals surface area contributed by atoms with E-state index in [2.05, 4.69) is 15.3 Å². The molecule has 0 amide bonds. The van der Waals surface area contributed by atoms with E-state index in [1.165, 1.54) is 36.2 Å². The van der Waals surface area contributed by atoms with E-state index in [-0.39, 0.29) is 17.8 Å². The van der Waals surface area contributed by atoms with Crippen molar-refractivity contribution in [2.24, 2.45) is 0 Å². The molecule has 4 rings (SSSR count). The van der Waals surface area contributed by atoms with Crippen molar-refractivity contribution in [2.75, 3.05) is 5.32 Å². The fourth-order valence-electron chi connectivity index (χ4n) is 3.58. The van der Waals surface area contributed by atoms with Crippen molar-refractivity contribution in [1.29, 1.82) is 0 Å². The first-order valence-electron chi connectivity index (χ1n) is 9.49. The van der Waals surface area contributed by atoms with Crippen LogP contribution < -0.4 is 5.32 Å². The predicted molar refractivity (Wildman–Crippen MR) is 111 cm³/mol. The number of non-ortho nitro benzene ring substituents is 1. The Kier molecular flexibility index (Phi) is 5.39. The number of nitrogens with zero attached hydrogens (tertiary/aromatic N) is 3. The average molecular weight is 412 g/mol. The number of thiophene rings is 1. The molecule has 29 heavy (non-hydrogen) atoms. The second kappa shape index (κ2) is 8.12. The van der Waals surface area contributed by atoms with E-state index in [4.69, 9.17) is 4.74 Å². The molecule has 2 aromatic heterocycles. The van der Waals surface area contributed by atoms with E-state index >= 15 is 0 Å². The maximum absolute atomic E-state index is 12.7. The van der Waals surface area contributed by atoms with Gasteiger partial charge in [-0.1, -0.05) is 12.5 Å². The summed E-state index contributed by atoms with van der Waals surface area (Å²) in [7, 11) is 0. The van der Waals surface area contributed by atoms with Crippen LogP contribution in [0.25, 0.3) is 10.2 Å². The van der Waals surface area contributed by atoms with E-state index in [0.717, 1.165) is 36.6 Å². The zero-order valence-electron chi connectivity index (χ0n) is 15.9. The third-order valence-corrected chi connectivity index (χ3v) is 6.24. The van der Waals surface area contributed by atoms with Gasteiger partial charge in [-0.15, -0.1) is 11.3 Å². The minimum absolute atomic E-state index is 0.0147. The number of hydrogen-bond donors (Lipinski definition) is 1. The molecule has 1 N–H and O–H groups in total. The minimum atomic E-state index is -0.448. The van der Waals surface area contributed by atoms with Crippen molar-refractivity contribution in [3.63, 3.8) is 0 Å². The van der Waals surface area contributed by atoms with Crippen molar-refractivity contribution in [3.05, 3.63) is 51.1 Å². The van der Waals surface area contributed by atoms with Gasteiger partial charge >= 0.3 is 5.97 Å². The maximum Gasteiger partial charge on any atom is 0.348 e. The predicted octanol–water partition coefficient (Wildman–Crippen LogP) is 5.14. The van der Waals surface area contributed by atoms with Gasteiger partial charge in [0.25, 0.3) is 5.69 Å². The molecule has 0 atom stereocenters. The highest BCUT2D eigenvalue weighted by Crippen LogP contribution is 2.35. The normalized spacial score (nSPS) is 14.7. The third-order valence-electron chi connectivity index (χ3n) is 5.06. The van der Waals surface area contributed by atoms with Crippen molar-refractivity contribution < 1.29 is 14.5 Å². The topological polar surface area (TPSA) is 107 Å². The number of nitrogens with one attached hydrogen (secondary N) is 1. The SMILES string of the molecule is Cc1c(C(=O)OC2CCCCC2)sc2ncnc(Nc3cccc([N+](=O)[O-])c3)c12. The summed E-state index contributed by atoms with van der Waals surface area (Å²) < 4.78 is 5.72. The smallest absolute Gasteiger partial charge is 0.348 e. The van der Waals surface area contributed by atoms with Crippen LogP contribution in [0.5, 0.6) is 0 Å². The highest BCUT2D eigenvalue weighted by atomic mass is 32.1. The summed E-state index contributed by atoms with van der Waals surface area (Å²) in [5, 5.41) is 14.9. The second-order valence-corrected chi connectivity index (χ2v) is 8.06. The number of benzene rings is 1. The van der Waals surface area contributed by atoms with Crippen molar-refractivity contribution in [3.8, 4) is 0 Å². The van der Waals surface area contributed by atoms with E-state index in [1.54, 1.807) is 12.1 Å². The van der Waals surface area contributed by atoms with E-state index in [1.807, 2.05) is 6.92 Å². The summed E-state index contributed by atoms with van der Waals surface area (Å²) in [6.45, 7) is 1.85. The third kappa shape index (κ3) is 4.04. The lowest BCUT2D eigenvalue weighted by molar-refractivity contribution is -0.384. The number of hydrogen-bond acceptors (Lipinski definition) is 8. The standard InChI is InChI=1S/C20H20N4O4S/c1-12-16-18(23-13-6-5-7-14(10-13)24(26)27)21-11-22-19(16)29-17(12)20(25)28-15-8-3-2-4-9-15/h5-7,10-11,15H,2-4,8-9H2,1H3,(H,21,22,23). The summed E-state index contributed by atoms with van der Waals surface area (Å²) in [6, 6.07) is 6.19. The number of carbonyl (C=O) groups excluding carboxylic acids is 1. The molecule has 0 bridgehead atoms. The van der Waals surface area contributed by atoms with Gasteiger partial charge in [-0.05, 0) is 44.2 Å². The first-order valence-corrected chi connectivity index (χ1v) is 10.3. The van der Waals surface area contributed by atoms with Gasteiger partial charge in [0.05, 0.1) is 10.3 Å². The van der Waals surface area contributed by atoms with Crippen LogP contribution in [0, 0.1) is 17.0 Å². The molecule has 1 aliphatic carbocycles. The van der Waals surface area contributed by atoms with Gasteiger partial charge in [-0.3, -0.25) is 10.1 Å². The van der Waals surface area contributed by atoms with Gasteiger partial charge in [0, 0.05) is 17.8 Å². The molecule has 8 nitrogen and oxygen atoms in total. The molecule has 0 saturated heterocycles. The van der Waals surface area contributed by atoms with Crippen LogP contribution in [-0.4, -0.2) is 27.0 Å². The number of ether oxygens (including phenoxy) is 1. The van der Waals surface area contributed by atoms with Gasteiger partial charge in [-0.2, -0.15) is 0 Å². The van der Waals surface area contributed by atoms with Crippen LogP contribution in [0.3, 0.4) is 0 Å². The van der Waals surface area contributed by atoms with Crippen LogP contribution in [0.4, 0.5) is 17.2 Å². The molecule has 0 unspecified atom stereocenters. The highest BCUT2D eigenvalue weighted by molar-refractivity contribution is 7.20. The van der Waals surface area contributed by atoms with Gasteiger partial charge in [0.15, 0.2) is 0 Å². The maximum atomic E-state index is 12.7. The lowest BCUT2D eigenvalue weighted by Crippen LogP contribution is -2.20. The molecule has 1 aliphatic rings. The zero-order valence-corrected chi connectivity index (χ0v) is 16.7. The average Bonchev–Trinajstić information content (AvgIpc) is 3.07. The van der Waals surface area contributed by atoms with Crippen LogP contribution in [0.15, 0.2) is 30.6 Å². The first-order chi connectivity index (χ1) is 14.0. The number of rotatable bonds is 5. The first kappa shape index (κ1) is 19.3. The minimum Gasteiger partial charge on any atom is -0.458 e. The van der Waals surface area contributed by atoms with E-state index < -0.39 is 4.92 Å². The Labute approximate surface area is 171 Å². The van der Waals surface area contributed by atoms with Gasteiger partial charge in [-0.25, -0.2) is 14.8 Å². The molecule has 150 valence electrons. The number of aryl methyl sites for hydroxylation is 1. The molecule has 0 aliphatic heterocycles. The van der Waals surface area contributed by atoms with E-state index in [0.29, 0.717) is 21.2 Å². The Morgan fingerprint density at radius 3 is 2.83 bits per heavy atom. The molecular weight excluding hydrogens is 392 g/mol. The monoisotopic (exact) mass is 412 g/mol. The quantitative estimate of drug-likeness (QED) is 0.351. The molecule has 1 fully saturated rings. The van der Waals surface area contributed by atoms with Crippen LogP contribution >= 0.6 is 11.3 Å². The summed E-state index contributed by atoms with van der Waals surface area (Å²) in [5.41, 5.74) is 1.27. The van der Waals surface area contributed by atoms with Crippen LogP contribution in [-0.2, 0) is 4.74 Å². The molecule has 9 heteroatoms. The van der Waals surface area contributed by atoms with Gasteiger partial charge < -0.3 is 10.1 Å². The molecule has 0 spiro atoms. The van der Waals surface area contributed by atoms with Crippen LogP contribution in [0.2, 0.25) is 0 Å². The number of anilines is 2. The number of fused-ring (bicyclic) bond motifs is 1. The number of esters is 1. The summed E-state index contributed by atoms with van der Waals surface area (Å²) >= 11 is 1.28.